The summed E-state index contributed by atoms with van der Waals surface area (Å²) in [4.78, 5) is 23.0. The Bertz CT molecular complexity index is 778. The van der Waals surface area contributed by atoms with Crippen molar-refractivity contribution < 1.29 is 23.5 Å². The van der Waals surface area contributed by atoms with Crippen molar-refractivity contribution in [3.8, 4) is 11.3 Å². The summed E-state index contributed by atoms with van der Waals surface area (Å²) in [6.45, 7) is 0. The number of carbonyl (C=O) groups excluding carboxylic acids is 1. The van der Waals surface area contributed by atoms with Gasteiger partial charge >= 0.3 is 5.97 Å². The van der Waals surface area contributed by atoms with Crippen molar-refractivity contribution in [1.82, 2.24) is 5.32 Å². The van der Waals surface area contributed by atoms with Crippen molar-refractivity contribution in [2.75, 3.05) is 0 Å². The average molecular weight is 359 g/mol. The molecule has 0 unspecified atom stereocenters. The molecule has 1 amide bonds. The fourth-order valence-corrected chi connectivity index (χ4v) is 3.34. The molecule has 5 nitrogen and oxygen atoms in total. The summed E-state index contributed by atoms with van der Waals surface area (Å²) in [5, 5.41) is 12.0. The molecule has 0 aliphatic heterocycles. The van der Waals surface area contributed by atoms with E-state index in [-0.39, 0.29) is 30.1 Å². The van der Waals surface area contributed by atoms with Crippen LogP contribution in [0.2, 0.25) is 0 Å². The quantitative estimate of drug-likeness (QED) is 0.823. The fourth-order valence-electron chi connectivity index (χ4n) is 3.34. The number of carboxylic acids is 1. The lowest BCUT2D eigenvalue weighted by atomic mass is 9.86. The van der Waals surface area contributed by atoms with Gasteiger partial charge in [0.2, 0.25) is 5.91 Å². The summed E-state index contributed by atoms with van der Waals surface area (Å²) >= 11 is 0. The summed E-state index contributed by atoms with van der Waals surface area (Å²) in [6.07, 6.45) is 3.31. The maximum atomic E-state index is 13.8. The molecule has 0 saturated heterocycles. The molecule has 1 aliphatic carbocycles. The highest BCUT2D eigenvalue weighted by Crippen LogP contribution is 2.26. The molecule has 0 atom stereocenters. The van der Waals surface area contributed by atoms with Crippen molar-refractivity contribution >= 4 is 11.9 Å². The summed E-state index contributed by atoms with van der Waals surface area (Å²) in [7, 11) is 0. The van der Waals surface area contributed by atoms with Crippen molar-refractivity contribution in [3.63, 3.8) is 0 Å². The molecule has 1 heterocycles. The molecule has 0 spiro atoms. The third kappa shape index (κ3) is 4.50. The van der Waals surface area contributed by atoms with Gasteiger partial charge in [-0.05, 0) is 49.9 Å². The van der Waals surface area contributed by atoms with E-state index in [0.29, 0.717) is 49.2 Å². The number of nitrogens with one attached hydrogen (secondary N) is 1. The van der Waals surface area contributed by atoms with Gasteiger partial charge in [-0.1, -0.05) is 12.1 Å². The lowest BCUT2D eigenvalue weighted by molar-refractivity contribution is -0.142. The van der Waals surface area contributed by atoms with Gasteiger partial charge in [-0.2, -0.15) is 0 Å². The summed E-state index contributed by atoms with van der Waals surface area (Å²) in [5.74, 6) is -0.379. The van der Waals surface area contributed by atoms with Crippen LogP contribution in [0.4, 0.5) is 4.39 Å². The van der Waals surface area contributed by atoms with E-state index < -0.39 is 5.97 Å². The molecule has 1 fully saturated rings. The Morgan fingerprint density at radius 2 is 1.85 bits per heavy atom. The first kappa shape index (κ1) is 18.2. The number of aryl methyl sites for hydroxylation is 1. The predicted octanol–water partition coefficient (Wildman–Crippen LogP) is 3.78. The molecular formula is C20H22FNO4. The van der Waals surface area contributed by atoms with Gasteiger partial charge in [0.1, 0.15) is 17.3 Å². The van der Waals surface area contributed by atoms with Gasteiger partial charge in [-0.25, -0.2) is 4.39 Å². The lowest BCUT2D eigenvalue weighted by Gasteiger charge is -2.26. The molecule has 0 radical (unpaired) electrons. The van der Waals surface area contributed by atoms with E-state index in [4.69, 9.17) is 9.52 Å². The minimum Gasteiger partial charge on any atom is -0.481 e. The molecule has 6 heteroatoms. The highest BCUT2D eigenvalue weighted by atomic mass is 19.1. The van der Waals surface area contributed by atoms with Crippen LogP contribution in [0.3, 0.4) is 0 Å². The van der Waals surface area contributed by atoms with Gasteiger partial charge in [0.25, 0.3) is 0 Å². The summed E-state index contributed by atoms with van der Waals surface area (Å²) in [6, 6.07) is 9.90. The van der Waals surface area contributed by atoms with Gasteiger partial charge in [0.15, 0.2) is 0 Å². The van der Waals surface area contributed by atoms with E-state index in [1.807, 2.05) is 0 Å². The maximum absolute atomic E-state index is 13.8. The second kappa shape index (κ2) is 8.17. The van der Waals surface area contributed by atoms with Crippen LogP contribution < -0.4 is 5.32 Å². The Balaban J connectivity index is 1.47. The monoisotopic (exact) mass is 359 g/mol. The lowest BCUT2D eigenvalue weighted by Crippen LogP contribution is -2.38. The number of carboxylic acid groups (broad SMARTS) is 1. The number of aliphatic carboxylic acids is 1. The zero-order valence-corrected chi connectivity index (χ0v) is 14.4. The molecule has 1 aliphatic rings. The molecular weight excluding hydrogens is 337 g/mol. The molecule has 2 N–H and O–H groups in total. The Morgan fingerprint density at radius 1 is 1.12 bits per heavy atom. The second-order valence-corrected chi connectivity index (χ2v) is 6.70. The number of benzene rings is 1. The van der Waals surface area contributed by atoms with Crippen molar-refractivity contribution in [1.29, 1.82) is 0 Å². The van der Waals surface area contributed by atoms with Crippen molar-refractivity contribution in [3.05, 3.63) is 48.0 Å². The second-order valence-electron chi connectivity index (χ2n) is 6.70. The Hall–Kier alpha value is -2.63. The molecule has 1 aromatic carbocycles. The predicted molar refractivity (Wildman–Crippen MR) is 93.9 cm³/mol. The van der Waals surface area contributed by atoms with Gasteiger partial charge in [-0.15, -0.1) is 0 Å². The largest absolute Gasteiger partial charge is 0.481 e. The Morgan fingerprint density at radius 3 is 2.54 bits per heavy atom. The van der Waals surface area contributed by atoms with E-state index in [1.165, 1.54) is 6.07 Å². The van der Waals surface area contributed by atoms with Crippen LogP contribution in [0.5, 0.6) is 0 Å². The first-order valence-corrected chi connectivity index (χ1v) is 8.88. The third-order valence-electron chi connectivity index (χ3n) is 4.84. The fraction of sp³-hybridized carbons (Fsp3) is 0.400. The number of amides is 1. The van der Waals surface area contributed by atoms with Crippen molar-refractivity contribution in [2.45, 2.75) is 44.6 Å². The highest BCUT2D eigenvalue weighted by Gasteiger charge is 2.26. The minimum absolute atomic E-state index is 0.0451. The molecule has 1 aromatic heterocycles. The number of hydrogen-bond acceptors (Lipinski definition) is 3. The number of hydrogen-bond donors (Lipinski definition) is 2. The highest BCUT2D eigenvalue weighted by molar-refractivity contribution is 5.76. The number of furan rings is 1. The van der Waals surface area contributed by atoms with Crippen LogP contribution in [0.15, 0.2) is 40.8 Å². The first-order chi connectivity index (χ1) is 12.5. The van der Waals surface area contributed by atoms with Crippen LogP contribution in [-0.4, -0.2) is 23.0 Å². The molecule has 26 heavy (non-hydrogen) atoms. The van der Waals surface area contributed by atoms with Gasteiger partial charge < -0.3 is 14.8 Å². The van der Waals surface area contributed by atoms with Crippen LogP contribution in [0, 0.1) is 11.7 Å². The Labute approximate surface area is 151 Å². The summed E-state index contributed by atoms with van der Waals surface area (Å²) in [5.41, 5.74) is 0.401. The van der Waals surface area contributed by atoms with Crippen LogP contribution in [0.1, 0.15) is 37.9 Å². The Kier molecular flexibility index (Phi) is 5.71. The minimum atomic E-state index is -0.752. The van der Waals surface area contributed by atoms with Gasteiger partial charge in [0.05, 0.1) is 11.5 Å². The smallest absolute Gasteiger partial charge is 0.306 e. The van der Waals surface area contributed by atoms with Gasteiger partial charge in [-0.3, -0.25) is 9.59 Å². The molecule has 0 bridgehead atoms. The molecule has 1 saturated carbocycles. The van der Waals surface area contributed by atoms with E-state index in [9.17, 15) is 14.0 Å². The molecule has 3 rings (SSSR count). The number of rotatable bonds is 6. The normalized spacial score (nSPS) is 19.9. The van der Waals surface area contributed by atoms with E-state index in [1.54, 1.807) is 30.3 Å². The standard InChI is InChI=1S/C20H22FNO4/c21-17-4-2-1-3-16(17)18-11-9-15(26-18)10-12-19(23)22-14-7-5-13(6-8-14)20(24)25/h1-4,9,11,13-14H,5-8,10,12H2,(H,22,23)(H,24,25). The van der Waals surface area contributed by atoms with E-state index in [0.717, 1.165) is 0 Å². The zero-order chi connectivity index (χ0) is 18.5. The first-order valence-electron chi connectivity index (χ1n) is 8.88. The average Bonchev–Trinajstić information content (AvgIpc) is 3.09. The number of carbonyl (C=O) groups is 2. The zero-order valence-electron chi connectivity index (χ0n) is 14.4. The number of halogens is 1. The molecule has 2 aromatic rings. The third-order valence-corrected chi connectivity index (χ3v) is 4.84. The topological polar surface area (TPSA) is 79.5 Å². The van der Waals surface area contributed by atoms with Crippen LogP contribution in [-0.2, 0) is 16.0 Å². The van der Waals surface area contributed by atoms with Crippen LogP contribution >= 0.6 is 0 Å². The van der Waals surface area contributed by atoms with Crippen LogP contribution in [0.25, 0.3) is 11.3 Å². The summed E-state index contributed by atoms with van der Waals surface area (Å²) < 4.78 is 19.4. The van der Waals surface area contributed by atoms with Crippen molar-refractivity contribution in [2.24, 2.45) is 5.92 Å². The molecule has 138 valence electrons. The van der Waals surface area contributed by atoms with E-state index in [2.05, 4.69) is 5.32 Å². The van der Waals surface area contributed by atoms with Gasteiger partial charge in [0, 0.05) is 18.9 Å². The van der Waals surface area contributed by atoms with E-state index >= 15 is 0 Å². The SMILES string of the molecule is O=C(CCc1ccc(-c2ccccc2F)o1)NC1CCC(C(=O)O)CC1. The maximum Gasteiger partial charge on any atom is 0.306 e.